The van der Waals surface area contributed by atoms with E-state index < -0.39 is 17.5 Å². The van der Waals surface area contributed by atoms with Gasteiger partial charge in [0.25, 0.3) is 0 Å². The van der Waals surface area contributed by atoms with Crippen molar-refractivity contribution in [1.82, 2.24) is 15.3 Å². The summed E-state index contributed by atoms with van der Waals surface area (Å²) in [7, 11) is 0. The number of nitrogens with zero attached hydrogens (tertiary/aromatic N) is 1. The van der Waals surface area contributed by atoms with Gasteiger partial charge in [-0.2, -0.15) is 0 Å². The number of aromatic nitrogens is 2. The fraction of sp³-hybridized carbons (Fsp3) is 0.167. The number of carbonyl (C=O) groups excluding carboxylic acids is 2. The van der Waals surface area contributed by atoms with Crippen LogP contribution in [0.25, 0.3) is 11.0 Å². The van der Waals surface area contributed by atoms with Crippen molar-refractivity contribution in [3.8, 4) is 0 Å². The highest BCUT2D eigenvalue weighted by Crippen LogP contribution is 2.19. The van der Waals surface area contributed by atoms with E-state index in [1.165, 1.54) is 12.3 Å². The number of pyridine rings is 1. The zero-order valence-electron chi connectivity index (χ0n) is 13.7. The summed E-state index contributed by atoms with van der Waals surface area (Å²) in [6.07, 6.45) is 3.49. The fourth-order valence-electron chi connectivity index (χ4n) is 2.71. The summed E-state index contributed by atoms with van der Waals surface area (Å²) in [5, 5.41) is 3.27. The van der Waals surface area contributed by atoms with Crippen LogP contribution < -0.4 is 11.1 Å². The van der Waals surface area contributed by atoms with Gasteiger partial charge in [0.05, 0.1) is 5.56 Å². The lowest BCUT2D eigenvalue weighted by atomic mass is 10.1. The predicted octanol–water partition coefficient (Wildman–Crippen LogP) is 2.19. The van der Waals surface area contributed by atoms with Crippen LogP contribution in [0, 0.1) is 11.6 Å². The number of hydrogen-bond donors (Lipinski definition) is 3. The number of aryl methyl sites for hydroxylation is 1. The molecule has 2 amide bonds. The van der Waals surface area contributed by atoms with Gasteiger partial charge in [-0.05, 0) is 30.2 Å². The van der Waals surface area contributed by atoms with Crippen molar-refractivity contribution in [3.63, 3.8) is 0 Å². The molecule has 0 aliphatic heterocycles. The minimum absolute atomic E-state index is 0.0863. The minimum Gasteiger partial charge on any atom is -0.366 e. The van der Waals surface area contributed by atoms with E-state index in [2.05, 4.69) is 15.3 Å². The highest BCUT2D eigenvalue weighted by atomic mass is 19.2. The van der Waals surface area contributed by atoms with Gasteiger partial charge in [-0.1, -0.05) is 6.07 Å². The predicted molar refractivity (Wildman–Crippen MR) is 91.1 cm³/mol. The molecule has 3 aromatic rings. The third-order valence-corrected chi connectivity index (χ3v) is 4.01. The average Bonchev–Trinajstić information content (AvgIpc) is 3.08. The van der Waals surface area contributed by atoms with Gasteiger partial charge in [0.15, 0.2) is 11.6 Å². The van der Waals surface area contributed by atoms with Crippen molar-refractivity contribution in [2.75, 3.05) is 0 Å². The Labute approximate surface area is 147 Å². The fourth-order valence-corrected chi connectivity index (χ4v) is 2.71. The molecule has 4 N–H and O–H groups in total. The van der Waals surface area contributed by atoms with Crippen LogP contribution in [0.5, 0.6) is 0 Å². The number of halogens is 2. The van der Waals surface area contributed by atoms with Gasteiger partial charge < -0.3 is 16.0 Å². The summed E-state index contributed by atoms with van der Waals surface area (Å²) in [4.78, 5) is 30.8. The van der Waals surface area contributed by atoms with E-state index in [-0.39, 0.29) is 25.3 Å². The number of fused-ring (bicyclic) bond motifs is 1. The number of amides is 2. The second kappa shape index (κ2) is 7.30. The quantitative estimate of drug-likeness (QED) is 0.629. The van der Waals surface area contributed by atoms with Gasteiger partial charge in [-0.3, -0.25) is 9.59 Å². The zero-order valence-corrected chi connectivity index (χ0v) is 13.7. The summed E-state index contributed by atoms with van der Waals surface area (Å²) in [6.45, 7) is 0.0863. The van der Waals surface area contributed by atoms with Crippen LogP contribution >= 0.6 is 0 Å². The van der Waals surface area contributed by atoms with E-state index in [9.17, 15) is 18.4 Å². The molecule has 0 aliphatic carbocycles. The van der Waals surface area contributed by atoms with E-state index >= 15 is 0 Å². The van der Waals surface area contributed by atoms with Crippen LogP contribution in [0.15, 0.2) is 36.7 Å². The number of H-pyrrole nitrogens is 1. The summed E-state index contributed by atoms with van der Waals surface area (Å²) in [5.41, 5.74) is 7.31. The molecule has 0 unspecified atom stereocenters. The van der Waals surface area contributed by atoms with E-state index in [4.69, 9.17) is 5.73 Å². The van der Waals surface area contributed by atoms with Gasteiger partial charge in [-0.25, -0.2) is 13.8 Å². The molecule has 0 atom stereocenters. The van der Waals surface area contributed by atoms with Crippen molar-refractivity contribution in [1.29, 1.82) is 0 Å². The first kappa shape index (κ1) is 17.5. The van der Waals surface area contributed by atoms with E-state index in [0.29, 0.717) is 27.7 Å². The van der Waals surface area contributed by atoms with Crippen LogP contribution in [0.1, 0.15) is 27.9 Å². The molecule has 1 aromatic carbocycles. The Morgan fingerprint density at radius 2 is 2.00 bits per heavy atom. The van der Waals surface area contributed by atoms with Gasteiger partial charge in [0, 0.05) is 36.3 Å². The number of carbonyl (C=O) groups is 2. The summed E-state index contributed by atoms with van der Waals surface area (Å²) in [5.74, 6) is -2.77. The number of primary amides is 1. The molecule has 6 nitrogen and oxygen atoms in total. The van der Waals surface area contributed by atoms with Crippen LogP contribution in [-0.4, -0.2) is 21.8 Å². The monoisotopic (exact) mass is 358 g/mol. The molecular formula is C18H16F2N4O2. The maximum Gasteiger partial charge on any atom is 0.249 e. The molecule has 0 fully saturated rings. The van der Waals surface area contributed by atoms with Crippen molar-refractivity contribution >= 4 is 22.8 Å². The van der Waals surface area contributed by atoms with Crippen LogP contribution in [0.3, 0.4) is 0 Å². The third kappa shape index (κ3) is 3.69. The molecular weight excluding hydrogens is 342 g/mol. The van der Waals surface area contributed by atoms with Crippen molar-refractivity contribution in [2.45, 2.75) is 19.4 Å². The van der Waals surface area contributed by atoms with Gasteiger partial charge in [-0.15, -0.1) is 0 Å². The SMILES string of the molecule is NC(=O)c1c(CNC(=O)CCc2ccc(F)c(F)c2)cnc2[nH]ccc12. The number of rotatable bonds is 6. The van der Waals surface area contributed by atoms with Crippen molar-refractivity contribution < 1.29 is 18.4 Å². The van der Waals surface area contributed by atoms with Crippen LogP contribution in [0.2, 0.25) is 0 Å². The number of benzene rings is 1. The number of aromatic amines is 1. The maximum atomic E-state index is 13.2. The third-order valence-electron chi connectivity index (χ3n) is 4.01. The Balaban J connectivity index is 1.64. The highest BCUT2D eigenvalue weighted by Gasteiger charge is 2.15. The van der Waals surface area contributed by atoms with E-state index in [1.54, 1.807) is 12.3 Å². The molecule has 8 heteroatoms. The Morgan fingerprint density at radius 3 is 2.73 bits per heavy atom. The normalized spacial score (nSPS) is 10.8. The Kier molecular flexibility index (Phi) is 4.92. The molecule has 2 heterocycles. The molecule has 0 spiro atoms. The Bertz CT molecular complexity index is 984. The topological polar surface area (TPSA) is 101 Å². The van der Waals surface area contributed by atoms with Crippen molar-refractivity contribution in [3.05, 3.63) is 65.0 Å². The lowest BCUT2D eigenvalue weighted by molar-refractivity contribution is -0.121. The van der Waals surface area contributed by atoms with Crippen molar-refractivity contribution in [2.24, 2.45) is 5.73 Å². The first-order valence-electron chi connectivity index (χ1n) is 7.91. The van der Waals surface area contributed by atoms with Gasteiger partial charge in [0.2, 0.25) is 11.8 Å². The number of nitrogens with one attached hydrogen (secondary N) is 2. The lowest BCUT2D eigenvalue weighted by Crippen LogP contribution is -2.25. The standard InChI is InChI=1S/C18H16F2N4O2/c19-13-3-1-10(7-14(13)20)2-4-15(25)23-8-11-9-24-18-12(5-6-22-18)16(11)17(21)26/h1,3,5-7,9H,2,4,8H2,(H2,21,26)(H,22,24)(H,23,25). The summed E-state index contributed by atoms with van der Waals surface area (Å²) >= 11 is 0. The molecule has 0 saturated heterocycles. The summed E-state index contributed by atoms with van der Waals surface area (Å²) < 4.78 is 26.1. The molecule has 0 saturated carbocycles. The maximum absolute atomic E-state index is 13.2. The average molecular weight is 358 g/mol. The second-order valence-corrected chi connectivity index (χ2v) is 5.79. The molecule has 0 bridgehead atoms. The molecule has 26 heavy (non-hydrogen) atoms. The number of nitrogens with two attached hydrogens (primary N) is 1. The summed E-state index contributed by atoms with van der Waals surface area (Å²) in [6, 6.07) is 5.22. The zero-order chi connectivity index (χ0) is 18.7. The Morgan fingerprint density at radius 1 is 1.19 bits per heavy atom. The Hall–Kier alpha value is -3.29. The first-order valence-corrected chi connectivity index (χ1v) is 7.91. The van der Waals surface area contributed by atoms with Crippen LogP contribution in [0.4, 0.5) is 8.78 Å². The van der Waals surface area contributed by atoms with Gasteiger partial charge in [0.1, 0.15) is 5.65 Å². The van der Waals surface area contributed by atoms with Crippen LogP contribution in [-0.2, 0) is 17.8 Å². The number of hydrogen-bond acceptors (Lipinski definition) is 3. The minimum atomic E-state index is -0.945. The smallest absolute Gasteiger partial charge is 0.249 e. The van der Waals surface area contributed by atoms with Gasteiger partial charge >= 0.3 is 0 Å². The highest BCUT2D eigenvalue weighted by molar-refractivity contribution is 6.06. The molecule has 0 radical (unpaired) electrons. The molecule has 2 aromatic heterocycles. The largest absolute Gasteiger partial charge is 0.366 e. The molecule has 0 aliphatic rings. The van der Waals surface area contributed by atoms with E-state index in [1.807, 2.05) is 0 Å². The first-order chi connectivity index (χ1) is 12.5. The lowest BCUT2D eigenvalue weighted by Gasteiger charge is -2.09. The van der Waals surface area contributed by atoms with E-state index in [0.717, 1.165) is 12.1 Å². The molecule has 3 rings (SSSR count). The second-order valence-electron chi connectivity index (χ2n) is 5.79. The molecule has 134 valence electrons.